The molecule has 2 heterocycles. The van der Waals surface area contributed by atoms with Crippen molar-refractivity contribution in [2.75, 3.05) is 0 Å². The van der Waals surface area contributed by atoms with E-state index in [1.54, 1.807) is 0 Å². The van der Waals surface area contributed by atoms with Gasteiger partial charge in [0.05, 0.1) is 18.5 Å². The van der Waals surface area contributed by atoms with Crippen LogP contribution in [0.15, 0.2) is 144 Å². The molecule has 2 unspecified atom stereocenters. The number of furan rings is 1. The molecule has 1 aliphatic heterocycles. The third-order valence-electron chi connectivity index (χ3n) is 9.23. The number of nitrogens with one attached hydrogen (secondary N) is 3. The zero-order valence-corrected chi connectivity index (χ0v) is 24.1. The summed E-state index contributed by atoms with van der Waals surface area (Å²) in [6.07, 6.45) is 0.909. The van der Waals surface area contributed by atoms with Gasteiger partial charge in [0, 0.05) is 10.8 Å². The predicted molar refractivity (Wildman–Crippen MR) is 178 cm³/mol. The van der Waals surface area contributed by atoms with Crippen molar-refractivity contribution in [3.63, 3.8) is 0 Å². The molecule has 4 heteroatoms. The van der Waals surface area contributed by atoms with E-state index in [0.29, 0.717) is 0 Å². The van der Waals surface area contributed by atoms with Crippen LogP contribution in [-0.4, -0.2) is 0 Å². The summed E-state index contributed by atoms with van der Waals surface area (Å²) in [7, 11) is 0. The molecule has 7 aromatic rings. The molecule has 1 aliphatic carbocycles. The molecule has 2 aliphatic rings. The molecule has 0 saturated carbocycles. The molecule has 44 heavy (non-hydrogen) atoms. The number of hydrogen-bond donors (Lipinski definition) is 3. The van der Waals surface area contributed by atoms with Crippen LogP contribution in [0.1, 0.15) is 46.3 Å². The summed E-state index contributed by atoms with van der Waals surface area (Å²) in [6, 6.07) is 49.9. The van der Waals surface area contributed by atoms with Gasteiger partial charge < -0.3 is 4.42 Å². The lowest BCUT2D eigenvalue weighted by Crippen LogP contribution is -2.54. The van der Waals surface area contributed by atoms with Crippen molar-refractivity contribution in [2.24, 2.45) is 0 Å². The van der Waals surface area contributed by atoms with Gasteiger partial charge in [-0.2, -0.15) is 0 Å². The second kappa shape index (κ2) is 10.3. The van der Waals surface area contributed by atoms with E-state index < -0.39 is 0 Å². The van der Waals surface area contributed by atoms with E-state index in [4.69, 9.17) is 4.42 Å². The maximum atomic E-state index is 6.55. The van der Waals surface area contributed by atoms with Crippen molar-refractivity contribution in [1.29, 1.82) is 0 Å². The first kappa shape index (κ1) is 25.5. The quantitative estimate of drug-likeness (QED) is 0.198. The fraction of sp³-hybridized carbons (Fsp3) is 0.100. The standard InChI is InChI=1S/C40H31N3O/c1-3-9-25(10-4-1)38-41-39(26-11-5-2-6-12-26)43-40(42-38)31-18-20-34-33-19-17-28(23-36(33)44-37(34)24-31)27-15-16-30-21-29-13-7-8-14-32(29)35(30)22-27/h1-20,22-24,38-43H,21H2. The largest absolute Gasteiger partial charge is 0.456 e. The Bertz CT molecular complexity index is 2100. The fourth-order valence-electron chi connectivity index (χ4n) is 6.97. The third-order valence-corrected chi connectivity index (χ3v) is 9.23. The number of fused-ring (bicyclic) bond motifs is 6. The Hall–Kier alpha value is -5.00. The highest BCUT2D eigenvalue weighted by molar-refractivity contribution is 6.06. The molecule has 0 radical (unpaired) electrons. The smallest absolute Gasteiger partial charge is 0.136 e. The second-order valence-corrected chi connectivity index (χ2v) is 11.9. The minimum Gasteiger partial charge on any atom is -0.456 e. The Labute approximate surface area is 256 Å². The first-order chi connectivity index (χ1) is 21.8. The molecule has 0 bridgehead atoms. The summed E-state index contributed by atoms with van der Waals surface area (Å²) in [5.41, 5.74) is 13.2. The lowest BCUT2D eigenvalue weighted by Gasteiger charge is -2.39. The first-order valence-corrected chi connectivity index (χ1v) is 15.3. The van der Waals surface area contributed by atoms with Crippen molar-refractivity contribution in [2.45, 2.75) is 24.9 Å². The van der Waals surface area contributed by atoms with Gasteiger partial charge >= 0.3 is 0 Å². The third kappa shape index (κ3) is 4.35. The van der Waals surface area contributed by atoms with Gasteiger partial charge in [0.25, 0.3) is 0 Å². The normalized spacial score (nSPS) is 19.2. The van der Waals surface area contributed by atoms with Crippen LogP contribution in [0.5, 0.6) is 0 Å². The molecule has 4 nitrogen and oxygen atoms in total. The molecule has 6 aromatic carbocycles. The van der Waals surface area contributed by atoms with Crippen LogP contribution >= 0.6 is 0 Å². The highest BCUT2D eigenvalue weighted by Gasteiger charge is 2.30. The molecule has 3 N–H and O–H groups in total. The Morgan fingerprint density at radius 1 is 0.432 bits per heavy atom. The van der Waals surface area contributed by atoms with Crippen LogP contribution in [0.3, 0.4) is 0 Å². The maximum absolute atomic E-state index is 6.55. The zero-order chi connectivity index (χ0) is 29.0. The predicted octanol–water partition coefficient (Wildman–Crippen LogP) is 9.00. The zero-order valence-electron chi connectivity index (χ0n) is 24.1. The van der Waals surface area contributed by atoms with Gasteiger partial charge in [0.2, 0.25) is 0 Å². The lowest BCUT2D eigenvalue weighted by molar-refractivity contribution is 0.203. The Morgan fingerprint density at radius 3 is 1.70 bits per heavy atom. The summed E-state index contributed by atoms with van der Waals surface area (Å²) in [4.78, 5) is 0. The van der Waals surface area contributed by atoms with Gasteiger partial charge in [0.15, 0.2) is 0 Å². The van der Waals surface area contributed by atoms with Crippen LogP contribution in [0.2, 0.25) is 0 Å². The fourth-order valence-corrected chi connectivity index (χ4v) is 6.97. The van der Waals surface area contributed by atoms with Crippen molar-refractivity contribution in [3.8, 4) is 22.3 Å². The Kier molecular flexibility index (Phi) is 5.98. The van der Waals surface area contributed by atoms with E-state index in [-0.39, 0.29) is 18.5 Å². The van der Waals surface area contributed by atoms with Crippen molar-refractivity contribution >= 4 is 21.9 Å². The van der Waals surface area contributed by atoms with Crippen LogP contribution in [0.4, 0.5) is 0 Å². The molecule has 1 saturated heterocycles. The molecule has 1 aromatic heterocycles. The number of hydrogen-bond acceptors (Lipinski definition) is 4. The van der Waals surface area contributed by atoms with Crippen LogP contribution < -0.4 is 16.0 Å². The first-order valence-electron chi connectivity index (χ1n) is 15.3. The van der Waals surface area contributed by atoms with E-state index in [9.17, 15) is 0 Å². The summed E-state index contributed by atoms with van der Waals surface area (Å²) >= 11 is 0. The van der Waals surface area contributed by atoms with E-state index in [1.807, 2.05) is 0 Å². The molecule has 0 spiro atoms. The average molecular weight is 570 g/mol. The Balaban J connectivity index is 1.06. The maximum Gasteiger partial charge on any atom is 0.136 e. The van der Waals surface area contributed by atoms with Crippen LogP contribution in [0, 0.1) is 0 Å². The molecule has 2 atom stereocenters. The van der Waals surface area contributed by atoms with E-state index in [2.05, 4.69) is 155 Å². The molecule has 9 rings (SSSR count). The SMILES string of the molecule is c1ccc(C2NC(c3ccccc3)NC(c3ccc4c(c3)oc3cc(-c5ccc6c(c5)-c5ccccc5C6)ccc34)N2)cc1. The molecule has 212 valence electrons. The van der Waals surface area contributed by atoms with Gasteiger partial charge in [-0.15, -0.1) is 0 Å². The topological polar surface area (TPSA) is 49.2 Å². The number of rotatable bonds is 4. The number of benzene rings is 6. The van der Waals surface area contributed by atoms with Gasteiger partial charge in [-0.3, -0.25) is 16.0 Å². The lowest BCUT2D eigenvalue weighted by atomic mass is 9.98. The summed E-state index contributed by atoms with van der Waals surface area (Å²) in [6.45, 7) is 0. The highest BCUT2D eigenvalue weighted by Crippen LogP contribution is 2.40. The molecular formula is C40H31N3O. The summed E-state index contributed by atoms with van der Waals surface area (Å²) in [5, 5.41) is 13.6. The molecular weight excluding hydrogens is 538 g/mol. The minimum atomic E-state index is -0.0749. The van der Waals surface area contributed by atoms with Crippen molar-refractivity contribution in [1.82, 2.24) is 16.0 Å². The highest BCUT2D eigenvalue weighted by atomic mass is 16.3. The van der Waals surface area contributed by atoms with Crippen molar-refractivity contribution < 1.29 is 4.42 Å². The summed E-state index contributed by atoms with van der Waals surface area (Å²) in [5.74, 6) is 0. The van der Waals surface area contributed by atoms with E-state index in [1.165, 1.54) is 44.5 Å². The van der Waals surface area contributed by atoms with Crippen LogP contribution in [-0.2, 0) is 6.42 Å². The van der Waals surface area contributed by atoms with Gasteiger partial charge in [-0.1, -0.05) is 115 Å². The van der Waals surface area contributed by atoms with Gasteiger partial charge in [-0.25, -0.2) is 0 Å². The second-order valence-electron chi connectivity index (χ2n) is 11.9. The summed E-state index contributed by atoms with van der Waals surface area (Å²) < 4.78 is 6.55. The monoisotopic (exact) mass is 569 g/mol. The molecule has 0 amide bonds. The van der Waals surface area contributed by atoms with E-state index in [0.717, 1.165) is 33.9 Å². The van der Waals surface area contributed by atoms with Gasteiger partial charge in [-0.05, 0) is 80.8 Å². The Morgan fingerprint density at radius 2 is 0.977 bits per heavy atom. The van der Waals surface area contributed by atoms with Gasteiger partial charge in [0.1, 0.15) is 11.2 Å². The van der Waals surface area contributed by atoms with E-state index >= 15 is 0 Å². The van der Waals surface area contributed by atoms with Crippen LogP contribution in [0.25, 0.3) is 44.2 Å². The average Bonchev–Trinajstić information content (AvgIpc) is 3.66. The molecule has 1 fully saturated rings. The van der Waals surface area contributed by atoms with Crippen molar-refractivity contribution in [3.05, 3.63) is 167 Å². The minimum absolute atomic E-state index is 0.0131.